The number of hydrogen-bond donors (Lipinski definition) is 1. The van der Waals surface area contributed by atoms with Gasteiger partial charge in [0.25, 0.3) is 0 Å². The van der Waals surface area contributed by atoms with Crippen LogP contribution in [0.1, 0.15) is 23.3 Å². The SMILES string of the molecule is O[C@H](CN1CCN(c2ccc(Cl)cc2Cl)[C@H](c2ccc(Cl)cc2)C1)c1cccc(F)c1. The van der Waals surface area contributed by atoms with Crippen LogP contribution in [-0.4, -0.2) is 36.2 Å². The fourth-order valence-corrected chi connectivity index (χ4v) is 4.68. The molecular formula is C24H22Cl3FN2O. The first-order chi connectivity index (χ1) is 14.9. The van der Waals surface area contributed by atoms with E-state index in [0.717, 1.165) is 17.8 Å². The summed E-state index contributed by atoms with van der Waals surface area (Å²) in [5, 5.41) is 12.5. The fraction of sp³-hybridized carbons (Fsp3) is 0.250. The van der Waals surface area contributed by atoms with Crippen molar-refractivity contribution in [2.45, 2.75) is 12.1 Å². The van der Waals surface area contributed by atoms with Gasteiger partial charge in [-0.2, -0.15) is 0 Å². The third kappa shape index (κ3) is 5.33. The van der Waals surface area contributed by atoms with Gasteiger partial charge >= 0.3 is 0 Å². The molecule has 0 spiro atoms. The van der Waals surface area contributed by atoms with E-state index < -0.39 is 6.10 Å². The summed E-state index contributed by atoms with van der Waals surface area (Å²) < 4.78 is 13.6. The molecule has 1 fully saturated rings. The molecule has 0 saturated carbocycles. The molecule has 0 radical (unpaired) electrons. The molecule has 1 saturated heterocycles. The van der Waals surface area contributed by atoms with Gasteiger partial charge in [0.1, 0.15) is 5.82 Å². The summed E-state index contributed by atoms with van der Waals surface area (Å²) in [6.45, 7) is 2.53. The van der Waals surface area contributed by atoms with Gasteiger partial charge < -0.3 is 10.0 Å². The number of aliphatic hydroxyl groups excluding tert-OH is 1. The molecule has 1 aliphatic rings. The van der Waals surface area contributed by atoms with Gasteiger partial charge in [0.15, 0.2) is 0 Å². The van der Waals surface area contributed by atoms with Crippen LogP contribution in [0.3, 0.4) is 0 Å². The van der Waals surface area contributed by atoms with Gasteiger partial charge in [0.2, 0.25) is 0 Å². The van der Waals surface area contributed by atoms with Gasteiger partial charge in [-0.05, 0) is 53.6 Å². The summed E-state index contributed by atoms with van der Waals surface area (Å²) in [6.07, 6.45) is -0.771. The Hall–Kier alpha value is -1.82. The van der Waals surface area contributed by atoms with E-state index in [0.29, 0.717) is 40.3 Å². The first-order valence-corrected chi connectivity index (χ1v) is 11.2. The molecule has 162 valence electrons. The maximum Gasteiger partial charge on any atom is 0.123 e. The number of halogens is 4. The molecule has 1 heterocycles. The van der Waals surface area contributed by atoms with Crippen LogP contribution in [-0.2, 0) is 0 Å². The average molecular weight is 480 g/mol. The Kier molecular flexibility index (Phi) is 7.05. The number of anilines is 1. The second-order valence-corrected chi connectivity index (χ2v) is 8.97. The second-order valence-electron chi connectivity index (χ2n) is 7.69. The molecule has 31 heavy (non-hydrogen) atoms. The predicted octanol–water partition coefficient (Wildman–Crippen LogP) is 6.38. The van der Waals surface area contributed by atoms with E-state index in [1.807, 2.05) is 36.4 Å². The Morgan fingerprint density at radius 2 is 1.68 bits per heavy atom. The van der Waals surface area contributed by atoms with E-state index in [-0.39, 0.29) is 11.9 Å². The van der Waals surface area contributed by atoms with Crippen LogP contribution in [0.15, 0.2) is 66.7 Å². The van der Waals surface area contributed by atoms with Crippen molar-refractivity contribution in [3.8, 4) is 0 Å². The standard InChI is InChI=1S/C24H22Cl3FN2O/c25-18-6-4-16(5-7-18)23-14-29(15-24(31)17-2-1-3-20(28)12-17)10-11-30(23)22-9-8-19(26)13-21(22)27/h1-9,12-13,23-24,31H,10-11,14-15H2/t23-,24+/m0/s1. The summed E-state index contributed by atoms with van der Waals surface area (Å²) in [5.74, 6) is -0.349. The number of nitrogens with zero attached hydrogens (tertiary/aromatic N) is 2. The summed E-state index contributed by atoms with van der Waals surface area (Å²) in [6, 6.07) is 19.4. The molecule has 0 aromatic heterocycles. The lowest BCUT2D eigenvalue weighted by atomic mass is 10.00. The van der Waals surface area contributed by atoms with Crippen LogP contribution >= 0.6 is 34.8 Å². The predicted molar refractivity (Wildman–Crippen MR) is 126 cm³/mol. The summed E-state index contributed by atoms with van der Waals surface area (Å²) in [7, 11) is 0. The number of hydrogen-bond acceptors (Lipinski definition) is 3. The number of benzene rings is 3. The molecule has 3 aromatic carbocycles. The molecule has 3 nitrogen and oxygen atoms in total. The minimum atomic E-state index is -0.771. The Labute approximate surface area is 196 Å². The van der Waals surface area contributed by atoms with Crippen LogP contribution < -0.4 is 4.90 Å². The van der Waals surface area contributed by atoms with Crippen LogP contribution in [0.5, 0.6) is 0 Å². The van der Waals surface area contributed by atoms with Crippen molar-refractivity contribution in [3.05, 3.63) is 98.7 Å². The number of aliphatic hydroxyl groups is 1. The zero-order chi connectivity index (χ0) is 22.0. The zero-order valence-electron chi connectivity index (χ0n) is 16.7. The third-order valence-corrected chi connectivity index (χ3v) is 6.39. The highest BCUT2D eigenvalue weighted by Gasteiger charge is 2.30. The third-order valence-electron chi connectivity index (χ3n) is 5.60. The highest BCUT2D eigenvalue weighted by atomic mass is 35.5. The highest BCUT2D eigenvalue weighted by Crippen LogP contribution is 2.37. The Morgan fingerprint density at radius 1 is 0.935 bits per heavy atom. The van der Waals surface area contributed by atoms with Gasteiger partial charge in [-0.3, -0.25) is 4.90 Å². The molecule has 1 N–H and O–H groups in total. The van der Waals surface area contributed by atoms with E-state index in [4.69, 9.17) is 34.8 Å². The quantitative estimate of drug-likeness (QED) is 0.460. The lowest BCUT2D eigenvalue weighted by Crippen LogP contribution is -2.49. The van der Waals surface area contributed by atoms with E-state index >= 15 is 0 Å². The number of β-amino-alcohol motifs (C(OH)–C–C–N with tert-alkyl or cyclic N) is 1. The van der Waals surface area contributed by atoms with Crippen LogP contribution in [0.4, 0.5) is 10.1 Å². The van der Waals surface area contributed by atoms with Gasteiger partial charge in [-0.1, -0.05) is 59.1 Å². The maximum absolute atomic E-state index is 13.6. The first kappa shape index (κ1) is 22.4. The monoisotopic (exact) mass is 478 g/mol. The lowest BCUT2D eigenvalue weighted by molar-refractivity contribution is 0.100. The van der Waals surface area contributed by atoms with E-state index in [2.05, 4.69) is 9.80 Å². The largest absolute Gasteiger partial charge is 0.387 e. The lowest BCUT2D eigenvalue weighted by Gasteiger charge is -2.44. The highest BCUT2D eigenvalue weighted by molar-refractivity contribution is 6.36. The van der Waals surface area contributed by atoms with Gasteiger partial charge in [0.05, 0.1) is 22.9 Å². The minimum absolute atomic E-state index is 0.00408. The number of rotatable bonds is 5. The Bertz CT molecular complexity index is 1050. The van der Waals surface area contributed by atoms with Crippen LogP contribution in [0, 0.1) is 5.82 Å². The van der Waals surface area contributed by atoms with Crippen molar-refractivity contribution in [2.24, 2.45) is 0 Å². The summed E-state index contributed by atoms with van der Waals surface area (Å²) in [4.78, 5) is 4.45. The van der Waals surface area contributed by atoms with Gasteiger partial charge in [0, 0.05) is 36.2 Å². The van der Waals surface area contributed by atoms with Crippen molar-refractivity contribution in [2.75, 3.05) is 31.1 Å². The summed E-state index contributed by atoms with van der Waals surface area (Å²) in [5.41, 5.74) is 2.59. The molecule has 0 aliphatic carbocycles. The van der Waals surface area contributed by atoms with E-state index in [1.54, 1.807) is 18.2 Å². The summed E-state index contributed by atoms with van der Waals surface area (Å²) >= 11 is 18.7. The number of piperazine rings is 1. The van der Waals surface area contributed by atoms with Crippen LogP contribution in [0.25, 0.3) is 0 Å². The second kappa shape index (κ2) is 9.76. The molecule has 7 heteroatoms. The first-order valence-electron chi connectivity index (χ1n) is 10.0. The van der Waals surface area contributed by atoms with E-state index in [9.17, 15) is 9.50 Å². The fourth-order valence-electron chi connectivity index (χ4n) is 4.04. The molecule has 4 rings (SSSR count). The van der Waals surface area contributed by atoms with Crippen molar-refractivity contribution >= 4 is 40.5 Å². The molecule has 0 unspecified atom stereocenters. The molecule has 0 amide bonds. The smallest absolute Gasteiger partial charge is 0.123 e. The molecule has 0 bridgehead atoms. The van der Waals surface area contributed by atoms with Crippen molar-refractivity contribution in [3.63, 3.8) is 0 Å². The molecule has 3 aromatic rings. The molecule has 2 atom stereocenters. The van der Waals surface area contributed by atoms with Crippen LogP contribution in [0.2, 0.25) is 15.1 Å². The topological polar surface area (TPSA) is 26.7 Å². The minimum Gasteiger partial charge on any atom is -0.387 e. The Balaban J connectivity index is 1.58. The molecular weight excluding hydrogens is 458 g/mol. The van der Waals surface area contributed by atoms with Gasteiger partial charge in [-0.15, -0.1) is 0 Å². The van der Waals surface area contributed by atoms with Gasteiger partial charge in [-0.25, -0.2) is 4.39 Å². The normalized spacial score (nSPS) is 18.2. The van der Waals surface area contributed by atoms with Crippen molar-refractivity contribution in [1.29, 1.82) is 0 Å². The van der Waals surface area contributed by atoms with Crippen molar-refractivity contribution < 1.29 is 9.50 Å². The average Bonchev–Trinajstić information content (AvgIpc) is 2.75. The maximum atomic E-state index is 13.6. The van der Waals surface area contributed by atoms with Crippen molar-refractivity contribution in [1.82, 2.24) is 4.90 Å². The zero-order valence-corrected chi connectivity index (χ0v) is 19.0. The van der Waals surface area contributed by atoms with E-state index in [1.165, 1.54) is 12.1 Å². The Morgan fingerprint density at radius 3 is 2.39 bits per heavy atom. The molecule has 1 aliphatic heterocycles.